The molecule has 0 aromatic rings. The third kappa shape index (κ3) is 1720. The molecule has 0 aliphatic heterocycles. The van der Waals surface area contributed by atoms with Crippen LogP contribution in [0.25, 0.3) is 0 Å². The van der Waals surface area contributed by atoms with E-state index in [-0.39, 0.29) is 28.3 Å². The van der Waals surface area contributed by atoms with Crippen molar-refractivity contribution in [3.8, 4) is 0 Å². The molecule has 0 heterocycles. The van der Waals surface area contributed by atoms with Gasteiger partial charge in [0.15, 0.2) is 0 Å². The van der Waals surface area contributed by atoms with E-state index >= 15 is 0 Å². The first-order valence-electron chi connectivity index (χ1n) is 0.683. The standard InChI is InChI=1S/Al.H2O4S.H2O.O/c;1-5(2,3)4;;/h;(H2,1,2,3,4);1H2;/q+3;;;-2/p-1. The van der Waals surface area contributed by atoms with Crippen molar-refractivity contribution >= 4 is 27.8 Å². The molecule has 0 aliphatic rings. The summed E-state index contributed by atoms with van der Waals surface area (Å²) in [6.45, 7) is 0. The predicted octanol–water partition coefficient (Wildman–Crippen LogP) is -2.32. The maximum atomic E-state index is 8.63. The van der Waals surface area contributed by atoms with Gasteiger partial charge in [-0.2, -0.15) is 0 Å². The van der Waals surface area contributed by atoms with Gasteiger partial charge in [-0.3, -0.25) is 4.55 Å². The zero-order valence-electron chi connectivity index (χ0n) is 3.57. The summed E-state index contributed by atoms with van der Waals surface area (Å²) in [6.07, 6.45) is 0. The van der Waals surface area contributed by atoms with Crippen LogP contribution in [0.2, 0.25) is 0 Å². The van der Waals surface area contributed by atoms with Crippen molar-refractivity contribution in [2.75, 3.05) is 0 Å². The number of hydrogen-bond acceptors (Lipinski definition) is 3. The second-order valence-electron chi connectivity index (χ2n) is 0.428. The molecule has 0 aromatic heterocycles. The summed E-state index contributed by atoms with van der Waals surface area (Å²) in [7, 11) is -4.92. The van der Waals surface area contributed by atoms with Gasteiger partial charge >= 0.3 is 17.4 Å². The van der Waals surface area contributed by atoms with Crippen LogP contribution in [-0.4, -0.2) is 40.4 Å². The first-order chi connectivity index (χ1) is 2.00. The Morgan fingerprint density at radius 2 is 1.38 bits per heavy atom. The Kier molecular flexibility index (Phi) is 21.9. The monoisotopic (exact) mass is 158 g/mol. The number of hydrogen-bond donors (Lipinski definition) is 1. The van der Waals surface area contributed by atoms with Gasteiger partial charge in [-0.15, -0.1) is 0 Å². The van der Waals surface area contributed by atoms with Gasteiger partial charge in [-0.05, 0) is 0 Å². The molecule has 0 bridgehead atoms. The largest absolute Gasteiger partial charge is 3.00 e. The van der Waals surface area contributed by atoms with Gasteiger partial charge in [0.05, 0.1) is 0 Å². The van der Waals surface area contributed by atoms with Gasteiger partial charge in [0.1, 0.15) is 0 Å². The Morgan fingerprint density at radius 1 is 1.38 bits per heavy atom. The predicted molar refractivity (Wildman–Crippen MR) is 22.4 cm³/mol. The Hall–Kier alpha value is 0.322. The van der Waals surface area contributed by atoms with E-state index in [1.165, 1.54) is 0 Å². The Bertz CT molecular complexity index is 91.7. The van der Waals surface area contributed by atoms with E-state index in [1.54, 1.807) is 0 Å². The summed E-state index contributed by atoms with van der Waals surface area (Å²) in [5.41, 5.74) is 0. The molecule has 0 atom stereocenters. The summed E-state index contributed by atoms with van der Waals surface area (Å²) >= 11 is 0. The van der Waals surface area contributed by atoms with Crippen molar-refractivity contribution in [1.82, 2.24) is 0 Å². The van der Waals surface area contributed by atoms with Gasteiger partial charge in [0, 0.05) is 0 Å². The summed E-state index contributed by atoms with van der Waals surface area (Å²) in [5.74, 6) is 0. The topological polar surface area (TPSA) is 137 Å². The van der Waals surface area contributed by atoms with Crippen molar-refractivity contribution in [2.24, 2.45) is 0 Å². The van der Waals surface area contributed by atoms with Gasteiger partial charge in [-0.1, -0.05) is 0 Å². The minimum Gasteiger partial charge on any atom is -2.00 e. The zero-order chi connectivity index (χ0) is 4.50. The second-order valence-corrected chi connectivity index (χ2v) is 1.28. The molecule has 0 radical (unpaired) electrons. The van der Waals surface area contributed by atoms with E-state index < -0.39 is 10.4 Å². The average Bonchev–Trinajstić information content (AvgIpc) is 0.722. The molecule has 8 heteroatoms. The van der Waals surface area contributed by atoms with Crippen LogP contribution in [0.4, 0.5) is 0 Å². The molecule has 0 fully saturated rings. The average molecular weight is 158 g/mol. The number of rotatable bonds is 0. The molecule has 8 heavy (non-hydrogen) atoms. The van der Waals surface area contributed by atoms with Gasteiger partial charge in [0.25, 0.3) is 0 Å². The molecule has 3 N–H and O–H groups in total. The Labute approximate surface area is 56.8 Å². The molecule has 0 saturated heterocycles. The van der Waals surface area contributed by atoms with E-state index in [0.717, 1.165) is 0 Å². The van der Waals surface area contributed by atoms with Gasteiger partial charge in [0.2, 0.25) is 10.4 Å². The summed E-state index contributed by atoms with van der Waals surface area (Å²) in [4.78, 5) is 0. The van der Waals surface area contributed by atoms with Crippen LogP contribution in [0.15, 0.2) is 0 Å². The van der Waals surface area contributed by atoms with Gasteiger partial charge in [-0.25, -0.2) is 8.42 Å². The van der Waals surface area contributed by atoms with Crippen LogP contribution in [0.3, 0.4) is 0 Å². The quantitative estimate of drug-likeness (QED) is 0.240. The third-order valence-electron chi connectivity index (χ3n) is 0. The fraction of sp³-hybridized carbons (Fsp3) is 0. The van der Waals surface area contributed by atoms with Crippen molar-refractivity contribution in [3.05, 3.63) is 0 Å². The van der Waals surface area contributed by atoms with Crippen LogP contribution < -0.4 is 0 Å². The minimum absolute atomic E-state index is 0. The smallest absolute Gasteiger partial charge is 2.00 e. The maximum Gasteiger partial charge on any atom is 3.00 e. The normalized spacial score (nSPS) is 7.25. The third-order valence-corrected chi connectivity index (χ3v) is 0. The van der Waals surface area contributed by atoms with Crippen molar-refractivity contribution < 1.29 is 28.5 Å². The molecular weight excluding hydrogens is 155 g/mol. The van der Waals surface area contributed by atoms with Crippen molar-refractivity contribution in [2.45, 2.75) is 0 Å². The summed E-state index contributed by atoms with van der Waals surface area (Å²) in [6, 6.07) is 0. The van der Waals surface area contributed by atoms with E-state index in [1.807, 2.05) is 0 Å². The molecule has 48 valence electrons. The van der Waals surface area contributed by atoms with Crippen LogP contribution in [0.1, 0.15) is 0 Å². The minimum atomic E-state index is -4.92. The fourth-order valence-electron chi connectivity index (χ4n) is 0. The van der Waals surface area contributed by atoms with E-state index in [0.29, 0.717) is 0 Å². The molecule has 0 saturated carbocycles. The van der Waals surface area contributed by atoms with Crippen molar-refractivity contribution in [1.29, 1.82) is 0 Å². The Balaban J connectivity index is -0.0000000267. The molecule has 0 rings (SSSR count). The van der Waals surface area contributed by atoms with Gasteiger partial charge < -0.3 is 15.5 Å². The SMILES string of the molecule is O.O=S(=O)([O-])O.[Al+3].[O-2]. The Morgan fingerprint density at radius 3 is 1.38 bits per heavy atom. The second kappa shape index (κ2) is 7.32. The first kappa shape index (κ1) is 23.9. The first-order valence-corrected chi connectivity index (χ1v) is 2.05. The summed E-state index contributed by atoms with van der Waals surface area (Å²) in [5, 5.41) is 0. The molecule has 6 nitrogen and oxygen atoms in total. The molecule has 0 unspecified atom stereocenters. The molecule has 0 aliphatic carbocycles. The molecule has 0 amide bonds. The molecule has 0 spiro atoms. The van der Waals surface area contributed by atoms with E-state index in [9.17, 15) is 0 Å². The van der Waals surface area contributed by atoms with Crippen LogP contribution in [0, 0.1) is 0 Å². The maximum absolute atomic E-state index is 8.63. The summed E-state index contributed by atoms with van der Waals surface area (Å²) < 4.78 is 32.8. The van der Waals surface area contributed by atoms with E-state index in [2.05, 4.69) is 0 Å². The van der Waals surface area contributed by atoms with E-state index in [4.69, 9.17) is 17.5 Å². The van der Waals surface area contributed by atoms with Crippen LogP contribution in [0.5, 0.6) is 0 Å². The van der Waals surface area contributed by atoms with Crippen LogP contribution >= 0.6 is 0 Å². The molecular formula is H3AlO6S. The fourth-order valence-corrected chi connectivity index (χ4v) is 0. The zero-order valence-corrected chi connectivity index (χ0v) is 5.54. The van der Waals surface area contributed by atoms with Crippen molar-refractivity contribution in [3.63, 3.8) is 0 Å². The molecule has 0 aromatic carbocycles. The van der Waals surface area contributed by atoms with Crippen LogP contribution in [-0.2, 0) is 15.9 Å².